The summed E-state index contributed by atoms with van der Waals surface area (Å²) in [5.74, 6) is -2.37. The number of benzene rings is 2. The minimum Gasteiger partial charge on any atom is -0.489 e. The van der Waals surface area contributed by atoms with E-state index < -0.39 is 5.92 Å². The zero-order valence-electron chi connectivity index (χ0n) is 16.4. The van der Waals surface area contributed by atoms with Crippen LogP contribution < -0.4 is 4.74 Å². The van der Waals surface area contributed by atoms with Crippen LogP contribution in [0.5, 0.6) is 5.75 Å². The topological polar surface area (TPSA) is 43.4 Å². The molecule has 0 spiro atoms. The number of alkyl halides is 2. The fourth-order valence-corrected chi connectivity index (χ4v) is 3.45. The van der Waals surface area contributed by atoms with E-state index in [0.29, 0.717) is 11.3 Å². The first-order valence-corrected chi connectivity index (χ1v) is 9.36. The normalized spacial score (nSPS) is 15.2. The first kappa shape index (κ1) is 22.4. The molecule has 0 saturated heterocycles. The Balaban J connectivity index is 0.000000941. The Hall–Kier alpha value is -2.85. The van der Waals surface area contributed by atoms with Gasteiger partial charge in [-0.2, -0.15) is 9.59 Å². The third-order valence-electron chi connectivity index (χ3n) is 4.94. The predicted octanol–water partition coefficient (Wildman–Crippen LogP) is 5.76. The van der Waals surface area contributed by atoms with Gasteiger partial charge in [0.2, 0.25) is 0 Å². The first-order chi connectivity index (χ1) is 13.8. The van der Waals surface area contributed by atoms with Gasteiger partial charge in [0.05, 0.1) is 0 Å². The lowest BCUT2D eigenvalue weighted by Crippen LogP contribution is -2.24. The van der Waals surface area contributed by atoms with E-state index in [1.807, 2.05) is 25.1 Å². The number of rotatable bonds is 5. The van der Waals surface area contributed by atoms with Crippen LogP contribution in [0.4, 0.5) is 13.2 Å². The summed E-state index contributed by atoms with van der Waals surface area (Å²) in [6.45, 7) is 4.23. The quantitative estimate of drug-likeness (QED) is 0.636. The molecule has 3 nitrogen and oxygen atoms in total. The molecule has 6 heteroatoms. The van der Waals surface area contributed by atoms with Crippen LogP contribution >= 0.6 is 0 Å². The molecule has 0 bridgehead atoms. The molecule has 29 heavy (non-hydrogen) atoms. The Labute approximate surface area is 168 Å². The zero-order chi connectivity index (χ0) is 21.4. The number of carbonyl (C=O) groups excluding carboxylic acids is 2. The third kappa shape index (κ3) is 6.33. The summed E-state index contributed by atoms with van der Waals surface area (Å²) in [5, 5.41) is 0. The third-order valence-corrected chi connectivity index (χ3v) is 4.94. The van der Waals surface area contributed by atoms with Crippen molar-refractivity contribution in [3.63, 3.8) is 0 Å². The first-order valence-electron chi connectivity index (χ1n) is 9.36. The lowest BCUT2D eigenvalue weighted by Gasteiger charge is -2.27. The second-order valence-corrected chi connectivity index (χ2v) is 6.94. The Morgan fingerprint density at radius 1 is 1.10 bits per heavy atom. The maximum Gasteiger partial charge on any atom is 0.373 e. The van der Waals surface area contributed by atoms with Crippen molar-refractivity contribution in [2.24, 2.45) is 0 Å². The van der Waals surface area contributed by atoms with E-state index in [2.05, 4.69) is 6.92 Å². The molecular weight excluding hydrogens is 381 g/mol. The Morgan fingerprint density at radius 3 is 2.34 bits per heavy atom. The minimum absolute atomic E-state index is 0.118. The molecule has 0 atom stereocenters. The number of hydrogen-bond acceptors (Lipinski definition) is 3. The summed E-state index contributed by atoms with van der Waals surface area (Å²) in [6, 6.07) is 11.8. The van der Waals surface area contributed by atoms with E-state index in [9.17, 15) is 13.2 Å². The van der Waals surface area contributed by atoms with Crippen molar-refractivity contribution in [2.75, 3.05) is 6.61 Å². The van der Waals surface area contributed by atoms with Crippen LogP contribution in [0.25, 0.3) is 5.57 Å². The van der Waals surface area contributed by atoms with Crippen LogP contribution in [0.1, 0.15) is 42.9 Å². The molecule has 0 aliphatic heterocycles. The molecule has 3 rings (SSSR count). The summed E-state index contributed by atoms with van der Waals surface area (Å²) < 4.78 is 46.9. The molecule has 154 valence electrons. The van der Waals surface area contributed by atoms with E-state index >= 15 is 0 Å². The van der Waals surface area contributed by atoms with Gasteiger partial charge in [-0.1, -0.05) is 25.1 Å². The average molecular weight is 404 g/mol. The summed E-state index contributed by atoms with van der Waals surface area (Å²) in [4.78, 5) is 16.2. The molecule has 0 heterocycles. The molecule has 0 fully saturated rings. The van der Waals surface area contributed by atoms with Gasteiger partial charge in [0, 0.05) is 12.8 Å². The second kappa shape index (κ2) is 10.1. The molecule has 0 saturated carbocycles. The number of hydrogen-bond donors (Lipinski definition) is 0. The number of halogens is 3. The average Bonchev–Trinajstić information content (AvgIpc) is 2.67. The molecule has 2 aromatic carbocycles. The van der Waals surface area contributed by atoms with Crippen LogP contribution in [-0.2, 0) is 16.0 Å². The van der Waals surface area contributed by atoms with Crippen LogP contribution in [-0.4, -0.2) is 18.7 Å². The van der Waals surface area contributed by atoms with Crippen LogP contribution in [0.2, 0.25) is 0 Å². The van der Waals surface area contributed by atoms with Gasteiger partial charge in [-0.25, -0.2) is 13.2 Å². The van der Waals surface area contributed by atoms with E-state index in [-0.39, 0.29) is 37.8 Å². The maximum absolute atomic E-state index is 13.9. The minimum atomic E-state index is -2.72. The molecule has 1 aliphatic carbocycles. The van der Waals surface area contributed by atoms with Gasteiger partial charge in [-0.3, -0.25) is 0 Å². The van der Waals surface area contributed by atoms with Gasteiger partial charge in [-0.05, 0) is 71.9 Å². The molecule has 0 radical (unpaired) electrons. The van der Waals surface area contributed by atoms with Crippen LogP contribution in [0, 0.1) is 12.7 Å². The fraction of sp³-hybridized carbons (Fsp3) is 0.348. The molecule has 0 amide bonds. The highest BCUT2D eigenvalue weighted by Crippen LogP contribution is 2.41. The van der Waals surface area contributed by atoms with Gasteiger partial charge in [-0.15, -0.1) is 0 Å². The standard InChI is InChI=1S/C22H23F3O.CO2/c1-3-16-6-9-20(12-15(16)2)26-14-18-13-22(24,25)11-10-21(18)17-4-7-19(23)8-5-17;2-1-3/h4-9,12H,3,10-11,13-14H2,1-2H3;. The van der Waals surface area contributed by atoms with Crippen molar-refractivity contribution in [3.05, 3.63) is 70.5 Å². The van der Waals surface area contributed by atoms with Gasteiger partial charge < -0.3 is 4.74 Å². The molecular formula is C23H23F3O3. The predicted molar refractivity (Wildman–Crippen MR) is 103 cm³/mol. The van der Waals surface area contributed by atoms with Crippen LogP contribution in [0.3, 0.4) is 0 Å². The van der Waals surface area contributed by atoms with Gasteiger partial charge in [0.1, 0.15) is 18.2 Å². The largest absolute Gasteiger partial charge is 0.489 e. The summed E-state index contributed by atoms with van der Waals surface area (Å²) in [7, 11) is 0. The highest BCUT2D eigenvalue weighted by atomic mass is 19.3. The lowest BCUT2D eigenvalue weighted by atomic mass is 9.85. The van der Waals surface area contributed by atoms with Crippen molar-refractivity contribution >= 4 is 11.7 Å². The second-order valence-electron chi connectivity index (χ2n) is 6.94. The van der Waals surface area contributed by atoms with E-state index in [1.54, 1.807) is 12.1 Å². The number of ether oxygens (including phenoxy) is 1. The van der Waals surface area contributed by atoms with E-state index in [4.69, 9.17) is 14.3 Å². The molecule has 0 unspecified atom stereocenters. The lowest BCUT2D eigenvalue weighted by molar-refractivity contribution is -0.191. The van der Waals surface area contributed by atoms with Crippen LogP contribution in [0.15, 0.2) is 48.0 Å². The molecule has 2 aromatic rings. The SMILES string of the molecule is CCc1ccc(OCC2=C(c3ccc(F)cc3)CCC(F)(F)C2)cc1C.O=C=O. The van der Waals surface area contributed by atoms with Crippen molar-refractivity contribution in [3.8, 4) is 5.75 Å². The number of allylic oxidation sites excluding steroid dienone is 1. The van der Waals surface area contributed by atoms with Crippen molar-refractivity contribution in [1.29, 1.82) is 0 Å². The fourth-order valence-electron chi connectivity index (χ4n) is 3.45. The van der Waals surface area contributed by atoms with Gasteiger partial charge in [0.15, 0.2) is 0 Å². The van der Waals surface area contributed by atoms with Crippen molar-refractivity contribution in [2.45, 2.75) is 45.5 Å². The molecule has 0 aromatic heterocycles. The number of aryl methyl sites for hydroxylation is 2. The highest BCUT2D eigenvalue weighted by molar-refractivity contribution is 5.70. The monoisotopic (exact) mass is 404 g/mol. The molecule has 1 aliphatic rings. The summed E-state index contributed by atoms with van der Waals surface area (Å²) >= 11 is 0. The maximum atomic E-state index is 13.9. The van der Waals surface area contributed by atoms with E-state index in [0.717, 1.165) is 23.1 Å². The van der Waals surface area contributed by atoms with Gasteiger partial charge in [0.25, 0.3) is 5.92 Å². The van der Waals surface area contributed by atoms with Crippen molar-refractivity contribution in [1.82, 2.24) is 0 Å². The Kier molecular flexibility index (Phi) is 7.80. The Bertz CT molecular complexity index is 896. The summed E-state index contributed by atoms with van der Waals surface area (Å²) in [5.41, 5.74) is 4.60. The summed E-state index contributed by atoms with van der Waals surface area (Å²) in [6.07, 6.45) is 0.961. The smallest absolute Gasteiger partial charge is 0.373 e. The van der Waals surface area contributed by atoms with Gasteiger partial charge >= 0.3 is 6.15 Å². The highest BCUT2D eigenvalue weighted by Gasteiger charge is 2.35. The zero-order valence-corrected chi connectivity index (χ0v) is 16.4. The Morgan fingerprint density at radius 2 is 1.76 bits per heavy atom. The van der Waals surface area contributed by atoms with Crippen molar-refractivity contribution < 1.29 is 27.5 Å². The molecule has 0 N–H and O–H groups in total. The van der Waals surface area contributed by atoms with E-state index in [1.165, 1.54) is 17.7 Å².